The zero-order chi connectivity index (χ0) is 21.0. The zero-order valence-corrected chi connectivity index (χ0v) is 17.7. The molecule has 2 heteroatoms. The van der Waals surface area contributed by atoms with Crippen LogP contribution in [0.5, 0.6) is 0 Å². The van der Waals surface area contributed by atoms with Gasteiger partial charge in [-0.1, -0.05) is 103 Å². The summed E-state index contributed by atoms with van der Waals surface area (Å²) >= 11 is 0. The molecule has 1 aliphatic rings. The highest BCUT2D eigenvalue weighted by atomic mass is 15.5. The summed E-state index contributed by atoms with van der Waals surface area (Å²) in [6.07, 6.45) is 1.02. The minimum absolute atomic E-state index is 0.139. The third kappa shape index (κ3) is 3.89. The Morgan fingerprint density at radius 1 is 0.710 bits per heavy atom. The number of nitrogens with zero attached hydrogens (tertiary/aromatic N) is 2. The van der Waals surface area contributed by atoms with Crippen LogP contribution in [0.2, 0.25) is 0 Å². The minimum Gasteiger partial charge on any atom is -0.257 e. The molecule has 0 aliphatic heterocycles. The smallest absolute Gasteiger partial charge is 0.0849 e. The molecule has 0 amide bonds. The fourth-order valence-electron chi connectivity index (χ4n) is 4.64. The molecule has 0 spiro atoms. The number of hydrazone groups is 1. The molecule has 0 aromatic heterocycles. The van der Waals surface area contributed by atoms with E-state index in [0.717, 1.165) is 23.4 Å². The standard InChI is InChI=1S/C29H26N2/c1-22(23-13-5-2-6-14-23)30-31(26-18-9-4-10-19-26)29-27-20-12-11-17-25(27)21-28(29)24-15-7-3-8-16-24/h2-20,28-29H,21H2,1H3. The first kappa shape index (κ1) is 19.3. The van der Waals surface area contributed by atoms with Crippen LogP contribution in [0.4, 0.5) is 5.69 Å². The maximum atomic E-state index is 5.22. The van der Waals surface area contributed by atoms with Gasteiger partial charge in [0.2, 0.25) is 0 Å². The Hall–Kier alpha value is -3.65. The first-order valence-electron chi connectivity index (χ1n) is 10.9. The summed E-state index contributed by atoms with van der Waals surface area (Å²) in [6.45, 7) is 2.10. The molecule has 0 radical (unpaired) electrons. The van der Waals surface area contributed by atoms with E-state index in [1.807, 2.05) is 6.07 Å². The van der Waals surface area contributed by atoms with Crippen LogP contribution in [0.25, 0.3) is 0 Å². The lowest BCUT2D eigenvalue weighted by Gasteiger charge is -2.32. The summed E-state index contributed by atoms with van der Waals surface area (Å²) in [5, 5.41) is 7.47. The van der Waals surface area contributed by atoms with Crippen molar-refractivity contribution >= 4 is 11.4 Å². The fourth-order valence-corrected chi connectivity index (χ4v) is 4.64. The van der Waals surface area contributed by atoms with Crippen molar-refractivity contribution in [3.8, 4) is 0 Å². The highest BCUT2D eigenvalue weighted by Gasteiger charge is 2.38. The van der Waals surface area contributed by atoms with Crippen LogP contribution < -0.4 is 5.01 Å². The summed E-state index contributed by atoms with van der Waals surface area (Å²) in [4.78, 5) is 0. The average Bonchev–Trinajstić information content (AvgIpc) is 3.23. The van der Waals surface area contributed by atoms with E-state index in [0.29, 0.717) is 5.92 Å². The van der Waals surface area contributed by atoms with Crippen molar-refractivity contribution in [3.63, 3.8) is 0 Å². The van der Waals surface area contributed by atoms with Gasteiger partial charge in [-0.05, 0) is 47.7 Å². The van der Waals surface area contributed by atoms with E-state index < -0.39 is 0 Å². The fraction of sp³-hybridized carbons (Fsp3) is 0.138. The molecular weight excluding hydrogens is 376 g/mol. The number of benzene rings is 4. The molecule has 0 bridgehead atoms. The Kier molecular flexibility index (Phi) is 5.37. The normalized spacial score (nSPS) is 17.9. The van der Waals surface area contributed by atoms with Gasteiger partial charge in [0.25, 0.3) is 0 Å². The van der Waals surface area contributed by atoms with Gasteiger partial charge < -0.3 is 0 Å². The quantitative estimate of drug-likeness (QED) is 0.259. The van der Waals surface area contributed by atoms with E-state index in [2.05, 4.69) is 121 Å². The maximum absolute atomic E-state index is 5.22. The number of fused-ring (bicyclic) bond motifs is 1. The number of anilines is 1. The molecule has 5 rings (SSSR count). The van der Waals surface area contributed by atoms with Crippen LogP contribution in [0.1, 0.15) is 41.1 Å². The van der Waals surface area contributed by atoms with Gasteiger partial charge in [0.05, 0.1) is 17.4 Å². The predicted octanol–water partition coefficient (Wildman–Crippen LogP) is 7.00. The van der Waals surface area contributed by atoms with E-state index in [4.69, 9.17) is 5.10 Å². The van der Waals surface area contributed by atoms with Gasteiger partial charge in [-0.2, -0.15) is 5.10 Å². The van der Waals surface area contributed by atoms with Gasteiger partial charge in [-0.25, -0.2) is 0 Å². The van der Waals surface area contributed by atoms with Crippen LogP contribution >= 0.6 is 0 Å². The van der Waals surface area contributed by atoms with Gasteiger partial charge in [0.1, 0.15) is 0 Å². The summed E-state index contributed by atoms with van der Waals surface area (Å²) in [6, 6.07) is 40.8. The molecule has 0 fully saturated rings. The predicted molar refractivity (Wildman–Crippen MR) is 130 cm³/mol. The van der Waals surface area contributed by atoms with Gasteiger partial charge in [-0.3, -0.25) is 5.01 Å². The van der Waals surface area contributed by atoms with E-state index >= 15 is 0 Å². The Morgan fingerprint density at radius 2 is 1.29 bits per heavy atom. The Morgan fingerprint density at radius 3 is 2.00 bits per heavy atom. The van der Waals surface area contributed by atoms with Crippen LogP contribution in [-0.2, 0) is 6.42 Å². The number of para-hydroxylation sites is 1. The zero-order valence-electron chi connectivity index (χ0n) is 17.7. The Labute approximate surface area is 184 Å². The van der Waals surface area contributed by atoms with Gasteiger partial charge >= 0.3 is 0 Å². The van der Waals surface area contributed by atoms with Crippen molar-refractivity contribution in [2.24, 2.45) is 5.10 Å². The molecule has 31 heavy (non-hydrogen) atoms. The second-order valence-corrected chi connectivity index (χ2v) is 8.10. The van der Waals surface area contributed by atoms with E-state index in [-0.39, 0.29) is 6.04 Å². The monoisotopic (exact) mass is 402 g/mol. The van der Waals surface area contributed by atoms with Crippen LogP contribution in [0.3, 0.4) is 0 Å². The van der Waals surface area contributed by atoms with E-state index in [1.165, 1.54) is 16.7 Å². The molecular formula is C29H26N2. The molecule has 2 nitrogen and oxygen atoms in total. The van der Waals surface area contributed by atoms with Gasteiger partial charge in [0.15, 0.2) is 0 Å². The third-order valence-corrected chi connectivity index (χ3v) is 6.16. The second kappa shape index (κ2) is 8.61. The van der Waals surface area contributed by atoms with Crippen molar-refractivity contribution in [1.82, 2.24) is 0 Å². The molecule has 0 heterocycles. The third-order valence-electron chi connectivity index (χ3n) is 6.16. The highest BCUT2D eigenvalue weighted by Crippen LogP contribution is 2.47. The number of hydrogen-bond acceptors (Lipinski definition) is 2. The second-order valence-electron chi connectivity index (χ2n) is 8.10. The van der Waals surface area contributed by atoms with Gasteiger partial charge in [0, 0.05) is 5.92 Å². The Bertz CT molecular complexity index is 1170. The molecule has 2 unspecified atom stereocenters. The molecule has 1 aliphatic carbocycles. The first-order chi connectivity index (χ1) is 15.3. The topological polar surface area (TPSA) is 15.6 Å². The first-order valence-corrected chi connectivity index (χ1v) is 10.9. The van der Waals surface area contributed by atoms with Crippen molar-refractivity contribution in [2.75, 3.05) is 5.01 Å². The van der Waals surface area contributed by atoms with Crippen LogP contribution in [-0.4, -0.2) is 5.71 Å². The highest BCUT2D eigenvalue weighted by molar-refractivity contribution is 5.99. The van der Waals surface area contributed by atoms with Crippen LogP contribution in [0.15, 0.2) is 120 Å². The average molecular weight is 403 g/mol. The van der Waals surface area contributed by atoms with E-state index in [9.17, 15) is 0 Å². The molecule has 2 atom stereocenters. The molecule has 0 N–H and O–H groups in total. The minimum atomic E-state index is 0.139. The molecule has 0 saturated carbocycles. The summed E-state index contributed by atoms with van der Waals surface area (Å²) in [5.41, 5.74) is 7.41. The van der Waals surface area contributed by atoms with E-state index in [1.54, 1.807) is 0 Å². The van der Waals surface area contributed by atoms with Crippen molar-refractivity contribution in [1.29, 1.82) is 0 Å². The summed E-state index contributed by atoms with van der Waals surface area (Å²) in [7, 11) is 0. The SMILES string of the molecule is CC(=NN(c1ccccc1)C1c2ccccc2CC1c1ccccc1)c1ccccc1. The van der Waals surface area contributed by atoms with Crippen LogP contribution in [0, 0.1) is 0 Å². The summed E-state index contributed by atoms with van der Waals surface area (Å²) < 4.78 is 0. The number of hydrogen-bond donors (Lipinski definition) is 0. The maximum Gasteiger partial charge on any atom is 0.0849 e. The number of rotatable bonds is 5. The van der Waals surface area contributed by atoms with Crippen molar-refractivity contribution < 1.29 is 0 Å². The largest absolute Gasteiger partial charge is 0.257 e. The van der Waals surface area contributed by atoms with Crippen molar-refractivity contribution in [2.45, 2.75) is 25.3 Å². The Balaban J connectivity index is 1.66. The lowest BCUT2D eigenvalue weighted by atomic mass is 9.91. The molecule has 152 valence electrons. The molecule has 0 saturated heterocycles. The van der Waals surface area contributed by atoms with Gasteiger partial charge in [-0.15, -0.1) is 0 Å². The summed E-state index contributed by atoms with van der Waals surface area (Å²) in [5.74, 6) is 0.339. The lowest BCUT2D eigenvalue weighted by Crippen LogP contribution is -2.27. The molecule has 4 aromatic carbocycles. The van der Waals surface area contributed by atoms with Crippen molar-refractivity contribution in [3.05, 3.63) is 138 Å². The molecule has 4 aromatic rings. The lowest BCUT2D eigenvalue weighted by molar-refractivity contribution is 0.552.